The molecule has 2 aliphatic heterocycles. The highest BCUT2D eigenvalue weighted by Crippen LogP contribution is 2.41. The van der Waals surface area contributed by atoms with Gasteiger partial charge >= 0.3 is 0 Å². The Kier molecular flexibility index (Phi) is 8.26. The van der Waals surface area contributed by atoms with Crippen LogP contribution in [0.5, 0.6) is 34.5 Å². The molecule has 0 unspecified atom stereocenters. The van der Waals surface area contributed by atoms with Gasteiger partial charge in [0.1, 0.15) is 34.5 Å². The number of hydrogen-bond acceptors (Lipinski definition) is 3. The number of rotatable bonds is 7. The number of benzene rings is 9. The standard InChI is InChI=1S/C54H35BO3/c1-4-13-36(14-5-1)39-19-10-21-41(29-39)44-25-27-48-50(32-44)57-52-33-45(42-22-11-20-40(30-42)37-15-6-2-7-16-37)34-53-54(52)55(48)49-28-26-47(35-51(49)58-53)56-46-24-12-23-43(31-46)38-17-8-3-9-18-38/h1-35H. The fraction of sp³-hybridized carbons (Fsp3) is 0. The van der Waals surface area contributed by atoms with Crippen molar-refractivity contribution in [2.24, 2.45) is 0 Å². The molecule has 0 atom stereocenters. The van der Waals surface area contributed by atoms with Crippen molar-refractivity contribution in [3.05, 3.63) is 212 Å². The molecule has 0 N–H and O–H groups in total. The fourth-order valence-electron chi connectivity index (χ4n) is 8.41. The summed E-state index contributed by atoms with van der Waals surface area (Å²) in [4.78, 5) is 0. The summed E-state index contributed by atoms with van der Waals surface area (Å²) < 4.78 is 20.3. The monoisotopic (exact) mass is 742 g/mol. The topological polar surface area (TPSA) is 27.7 Å². The van der Waals surface area contributed by atoms with Gasteiger partial charge in [-0.15, -0.1) is 0 Å². The summed E-state index contributed by atoms with van der Waals surface area (Å²) in [7, 11) is 0. The SMILES string of the molecule is c1ccc(-c2cccc(Oc3ccc4c(c3)Oc3cc(-c5cccc(-c6ccccc6)c5)cc5c3B4c3ccc(-c4cccc(-c6ccccc6)c4)cc3O5)c2)cc1. The fourth-order valence-corrected chi connectivity index (χ4v) is 8.41. The second kappa shape index (κ2) is 14.2. The van der Waals surface area contributed by atoms with Crippen LogP contribution in [0, 0.1) is 0 Å². The zero-order valence-corrected chi connectivity index (χ0v) is 31.5. The molecule has 2 aliphatic rings. The van der Waals surface area contributed by atoms with E-state index in [0.29, 0.717) is 5.75 Å². The average molecular weight is 743 g/mol. The summed E-state index contributed by atoms with van der Waals surface area (Å²) in [6.07, 6.45) is 0. The van der Waals surface area contributed by atoms with E-state index in [4.69, 9.17) is 14.2 Å². The lowest BCUT2D eigenvalue weighted by Gasteiger charge is -2.33. The van der Waals surface area contributed by atoms with Crippen LogP contribution in [0.2, 0.25) is 0 Å². The zero-order chi connectivity index (χ0) is 38.4. The summed E-state index contributed by atoms with van der Waals surface area (Å²) >= 11 is 0. The van der Waals surface area contributed by atoms with E-state index in [1.165, 1.54) is 16.7 Å². The van der Waals surface area contributed by atoms with Gasteiger partial charge in [-0.25, -0.2) is 0 Å². The molecule has 0 fully saturated rings. The maximum absolute atomic E-state index is 6.94. The van der Waals surface area contributed by atoms with Gasteiger partial charge in [0.05, 0.1) is 0 Å². The number of fused-ring (bicyclic) bond motifs is 4. The predicted molar refractivity (Wildman–Crippen MR) is 238 cm³/mol. The average Bonchev–Trinajstić information content (AvgIpc) is 3.29. The van der Waals surface area contributed by atoms with E-state index >= 15 is 0 Å². The third-order valence-corrected chi connectivity index (χ3v) is 11.2. The van der Waals surface area contributed by atoms with Crippen LogP contribution in [0.4, 0.5) is 0 Å². The van der Waals surface area contributed by atoms with Crippen molar-refractivity contribution < 1.29 is 14.2 Å². The molecule has 0 bridgehead atoms. The molecule has 0 aromatic heterocycles. The van der Waals surface area contributed by atoms with Crippen molar-refractivity contribution in [3.8, 4) is 90.1 Å². The molecule has 0 saturated carbocycles. The molecule has 0 saturated heterocycles. The molecule has 9 aromatic carbocycles. The van der Waals surface area contributed by atoms with E-state index < -0.39 is 0 Å². The molecule has 3 nitrogen and oxygen atoms in total. The first-order valence-corrected chi connectivity index (χ1v) is 19.7. The van der Waals surface area contributed by atoms with E-state index in [1.807, 2.05) is 36.4 Å². The van der Waals surface area contributed by atoms with Crippen molar-refractivity contribution in [2.75, 3.05) is 0 Å². The van der Waals surface area contributed by atoms with Crippen LogP contribution < -0.4 is 30.6 Å². The minimum atomic E-state index is -0.0950. The van der Waals surface area contributed by atoms with Crippen LogP contribution in [-0.2, 0) is 0 Å². The summed E-state index contributed by atoms with van der Waals surface area (Å²) in [6.45, 7) is -0.0950. The lowest BCUT2D eigenvalue weighted by molar-refractivity contribution is 0.455. The van der Waals surface area contributed by atoms with Crippen LogP contribution in [-0.4, -0.2) is 6.71 Å². The highest BCUT2D eigenvalue weighted by molar-refractivity contribution is 6.98. The number of hydrogen-bond donors (Lipinski definition) is 0. The maximum atomic E-state index is 6.94. The molecule has 0 radical (unpaired) electrons. The van der Waals surface area contributed by atoms with E-state index in [0.717, 1.165) is 84.1 Å². The Hall–Kier alpha value is -7.56. The van der Waals surface area contributed by atoms with Gasteiger partial charge in [0.2, 0.25) is 0 Å². The van der Waals surface area contributed by atoms with E-state index in [-0.39, 0.29) is 6.71 Å². The van der Waals surface area contributed by atoms with E-state index in [1.54, 1.807) is 0 Å². The Morgan fingerprint density at radius 3 is 1.24 bits per heavy atom. The molecule has 272 valence electrons. The van der Waals surface area contributed by atoms with Gasteiger partial charge in [-0.3, -0.25) is 0 Å². The lowest BCUT2D eigenvalue weighted by atomic mass is 9.35. The van der Waals surface area contributed by atoms with E-state index in [9.17, 15) is 0 Å². The predicted octanol–water partition coefficient (Wildman–Crippen LogP) is 12.5. The second-order valence-electron chi connectivity index (χ2n) is 14.9. The Bertz CT molecular complexity index is 2980. The van der Waals surface area contributed by atoms with Gasteiger partial charge in [0, 0.05) is 11.5 Å². The minimum Gasteiger partial charge on any atom is -0.458 e. The van der Waals surface area contributed by atoms with Gasteiger partial charge in [-0.1, -0.05) is 158 Å². The highest BCUT2D eigenvalue weighted by atomic mass is 16.5. The Morgan fingerprint density at radius 1 is 0.276 bits per heavy atom. The largest absolute Gasteiger partial charge is 0.458 e. The zero-order valence-electron chi connectivity index (χ0n) is 31.5. The van der Waals surface area contributed by atoms with Gasteiger partial charge < -0.3 is 14.2 Å². The summed E-state index contributed by atoms with van der Waals surface area (Å²) in [5.74, 6) is 4.66. The molecule has 58 heavy (non-hydrogen) atoms. The van der Waals surface area contributed by atoms with Crippen LogP contribution in [0.25, 0.3) is 55.6 Å². The first kappa shape index (κ1) is 33.8. The van der Waals surface area contributed by atoms with Gasteiger partial charge in [-0.05, 0) is 115 Å². The van der Waals surface area contributed by atoms with Crippen molar-refractivity contribution in [2.45, 2.75) is 0 Å². The minimum absolute atomic E-state index is 0.0950. The molecule has 0 spiro atoms. The van der Waals surface area contributed by atoms with Gasteiger partial charge in [-0.2, -0.15) is 0 Å². The third kappa shape index (κ3) is 6.22. The molecular weight excluding hydrogens is 707 g/mol. The van der Waals surface area contributed by atoms with Gasteiger partial charge in [0.15, 0.2) is 0 Å². The van der Waals surface area contributed by atoms with Crippen LogP contribution in [0.1, 0.15) is 0 Å². The smallest absolute Gasteiger partial charge is 0.260 e. The van der Waals surface area contributed by atoms with Crippen molar-refractivity contribution in [1.29, 1.82) is 0 Å². The van der Waals surface area contributed by atoms with Crippen LogP contribution in [0.15, 0.2) is 212 Å². The van der Waals surface area contributed by atoms with Crippen molar-refractivity contribution in [1.82, 2.24) is 0 Å². The Balaban J connectivity index is 1.01. The van der Waals surface area contributed by atoms with Crippen LogP contribution >= 0.6 is 0 Å². The first-order chi connectivity index (χ1) is 28.7. The maximum Gasteiger partial charge on any atom is 0.260 e. The molecule has 9 aromatic rings. The molecular formula is C54H35BO3. The third-order valence-electron chi connectivity index (χ3n) is 11.2. The van der Waals surface area contributed by atoms with Crippen molar-refractivity contribution in [3.63, 3.8) is 0 Å². The van der Waals surface area contributed by atoms with Crippen LogP contribution in [0.3, 0.4) is 0 Å². The first-order valence-electron chi connectivity index (χ1n) is 19.7. The highest BCUT2D eigenvalue weighted by Gasteiger charge is 2.41. The van der Waals surface area contributed by atoms with Gasteiger partial charge in [0.25, 0.3) is 6.71 Å². The second-order valence-corrected chi connectivity index (χ2v) is 14.9. The molecule has 0 aliphatic carbocycles. The lowest BCUT2D eigenvalue weighted by Crippen LogP contribution is -2.57. The molecule has 11 rings (SSSR count). The van der Waals surface area contributed by atoms with E-state index in [2.05, 4.69) is 176 Å². The molecule has 2 heterocycles. The summed E-state index contributed by atoms with van der Waals surface area (Å²) in [5, 5.41) is 0. The Labute approximate surface area is 338 Å². The van der Waals surface area contributed by atoms with Crippen molar-refractivity contribution >= 4 is 23.1 Å². The summed E-state index contributed by atoms with van der Waals surface area (Å²) in [6, 6.07) is 74.1. The molecule has 4 heteroatoms. The number of ether oxygens (including phenoxy) is 3. The molecule has 0 amide bonds. The quantitative estimate of drug-likeness (QED) is 0.152. The summed E-state index contributed by atoms with van der Waals surface area (Å²) in [5.41, 5.74) is 14.5. The normalized spacial score (nSPS) is 12.0. The Morgan fingerprint density at radius 2 is 0.672 bits per heavy atom.